The van der Waals surface area contributed by atoms with Gasteiger partial charge in [0.1, 0.15) is 5.82 Å². The molecule has 2 aromatic rings. The Balaban J connectivity index is 1.12. The first-order valence-corrected chi connectivity index (χ1v) is 13.2. The standard InChI is InChI=1S/C27H34ClN3O3/c1-33-21-15-31(16-21)20-4-2-17(3-5-20)22-10-18-12-25(29-14-19(18)11-24(22)28)30-26(32)23-13-27(23)6-8-34-9-7-27/h10-12,14,17,20-21,23H,2-9,13,15-16H2,1H3,(H,29,30,32). The molecule has 6 rings (SSSR count). The first kappa shape index (κ1) is 22.7. The number of likely N-dealkylation sites (tertiary alicyclic amines) is 1. The van der Waals surface area contributed by atoms with Crippen molar-refractivity contribution < 1.29 is 14.3 Å². The summed E-state index contributed by atoms with van der Waals surface area (Å²) in [5.74, 6) is 1.31. The van der Waals surface area contributed by atoms with Crippen molar-refractivity contribution in [3.05, 3.63) is 35.0 Å². The van der Waals surface area contributed by atoms with Gasteiger partial charge in [-0.1, -0.05) is 11.6 Å². The third-order valence-electron chi connectivity index (χ3n) is 8.95. The van der Waals surface area contributed by atoms with Crippen molar-refractivity contribution in [1.82, 2.24) is 9.88 Å². The molecule has 7 heteroatoms. The molecular formula is C27H34ClN3O3. The fourth-order valence-corrected chi connectivity index (χ4v) is 6.82. The van der Waals surface area contributed by atoms with Crippen molar-refractivity contribution in [2.45, 2.75) is 63.0 Å². The summed E-state index contributed by atoms with van der Waals surface area (Å²) in [5.41, 5.74) is 1.40. The zero-order valence-corrected chi connectivity index (χ0v) is 20.7. The fourth-order valence-electron chi connectivity index (χ4n) is 6.50. The molecule has 4 fully saturated rings. The summed E-state index contributed by atoms with van der Waals surface area (Å²) in [6, 6.07) is 6.94. The highest BCUT2D eigenvalue weighted by molar-refractivity contribution is 6.32. The summed E-state index contributed by atoms with van der Waals surface area (Å²) in [6.45, 7) is 3.68. The van der Waals surface area contributed by atoms with Gasteiger partial charge in [0.25, 0.3) is 0 Å². The van der Waals surface area contributed by atoms with Crippen LogP contribution in [0.4, 0.5) is 5.82 Å². The second-order valence-electron chi connectivity index (χ2n) is 10.8. The van der Waals surface area contributed by atoms with E-state index in [0.29, 0.717) is 23.9 Å². The number of anilines is 1. The lowest BCUT2D eigenvalue weighted by Gasteiger charge is -2.46. The number of rotatable bonds is 5. The van der Waals surface area contributed by atoms with Gasteiger partial charge in [0.05, 0.1) is 6.10 Å². The van der Waals surface area contributed by atoms with Gasteiger partial charge in [-0.15, -0.1) is 0 Å². The molecule has 0 bridgehead atoms. The van der Waals surface area contributed by atoms with E-state index in [1.165, 1.54) is 18.4 Å². The van der Waals surface area contributed by atoms with E-state index in [1.54, 1.807) is 0 Å². The lowest BCUT2D eigenvalue weighted by atomic mass is 9.80. The SMILES string of the molecule is COC1CN(C2CCC(c3cc4cc(NC(=O)C5CC56CCOCC6)ncc4cc3Cl)CC2)C1. The van der Waals surface area contributed by atoms with Gasteiger partial charge < -0.3 is 14.8 Å². The molecule has 1 atom stereocenters. The molecule has 2 saturated carbocycles. The molecule has 1 aromatic carbocycles. The molecule has 6 nitrogen and oxygen atoms in total. The summed E-state index contributed by atoms with van der Waals surface area (Å²) in [5, 5.41) is 6.02. The number of hydrogen-bond acceptors (Lipinski definition) is 5. The Kier molecular flexibility index (Phi) is 6.05. The van der Waals surface area contributed by atoms with Gasteiger partial charge in [-0.3, -0.25) is 9.69 Å². The Labute approximate surface area is 206 Å². The molecule has 1 aromatic heterocycles. The number of benzene rings is 1. The van der Waals surface area contributed by atoms with Gasteiger partial charge in [0.2, 0.25) is 5.91 Å². The van der Waals surface area contributed by atoms with E-state index in [9.17, 15) is 4.79 Å². The summed E-state index contributed by atoms with van der Waals surface area (Å²) < 4.78 is 10.9. The number of pyridine rings is 1. The quantitative estimate of drug-likeness (QED) is 0.648. The number of carbonyl (C=O) groups is 1. The molecular weight excluding hydrogens is 450 g/mol. The normalized spacial score (nSPS) is 29.2. The number of methoxy groups -OCH3 is 1. The van der Waals surface area contributed by atoms with Crippen LogP contribution in [0, 0.1) is 11.3 Å². The highest BCUT2D eigenvalue weighted by Gasteiger charge is 2.58. The number of hydrogen-bond donors (Lipinski definition) is 1. The molecule has 2 aliphatic carbocycles. The van der Waals surface area contributed by atoms with Gasteiger partial charge >= 0.3 is 0 Å². The zero-order valence-electron chi connectivity index (χ0n) is 19.9. The van der Waals surface area contributed by atoms with Crippen LogP contribution in [0.2, 0.25) is 5.02 Å². The summed E-state index contributed by atoms with van der Waals surface area (Å²) in [7, 11) is 1.81. The summed E-state index contributed by atoms with van der Waals surface area (Å²) >= 11 is 6.73. The number of amides is 1. The van der Waals surface area contributed by atoms with Crippen LogP contribution in [0.15, 0.2) is 24.4 Å². The number of carbonyl (C=O) groups excluding carboxylic acids is 1. The van der Waals surface area contributed by atoms with Crippen molar-refractivity contribution in [3.8, 4) is 0 Å². The van der Waals surface area contributed by atoms with Crippen molar-refractivity contribution in [2.75, 3.05) is 38.7 Å². The van der Waals surface area contributed by atoms with Crippen LogP contribution in [0.25, 0.3) is 10.8 Å². The number of fused-ring (bicyclic) bond motifs is 1. The summed E-state index contributed by atoms with van der Waals surface area (Å²) in [6.07, 6.45) is 9.93. The molecule has 3 heterocycles. The van der Waals surface area contributed by atoms with E-state index in [1.807, 2.05) is 25.4 Å². The van der Waals surface area contributed by atoms with E-state index in [-0.39, 0.29) is 17.2 Å². The first-order valence-electron chi connectivity index (χ1n) is 12.8. The Hall–Kier alpha value is -1.73. The average molecular weight is 484 g/mol. The third-order valence-corrected chi connectivity index (χ3v) is 9.27. The molecule has 2 aliphatic heterocycles. The predicted molar refractivity (Wildman–Crippen MR) is 133 cm³/mol. The predicted octanol–water partition coefficient (Wildman–Crippen LogP) is 5.00. The van der Waals surface area contributed by atoms with Crippen molar-refractivity contribution in [3.63, 3.8) is 0 Å². The van der Waals surface area contributed by atoms with E-state index in [0.717, 1.165) is 74.2 Å². The van der Waals surface area contributed by atoms with E-state index in [4.69, 9.17) is 21.1 Å². The zero-order chi connectivity index (χ0) is 23.3. The number of ether oxygens (including phenoxy) is 2. The second kappa shape index (κ2) is 9.05. The van der Waals surface area contributed by atoms with Crippen LogP contribution < -0.4 is 5.32 Å². The Bertz CT molecular complexity index is 1070. The number of nitrogens with one attached hydrogen (secondary N) is 1. The molecule has 4 aliphatic rings. The van der Waals surface area contributed by atoms with Gasteiger partial charge in [0.15, 0.2) is 0 Å². The minimum Gasteiger partial charge on any atom is -0.381 e. The number of nitrogens with zero attached hydrogens (tertiary/aromatic N) is 2. The van der Waals surface area contributed by atoms with Crippen LogP contribution >= 0.6 is 11.6 Å². The molecule has 182 valence electrons. The highest BCUT2D eigenvalue weighted by atomic mass is 35.5. The van der Waals surface area contributed by atoms with Crippen molar-refractivity contribution in [2.24, 2.45) is 11.3 Å². The first-order chi connectivity index (χ1) is 16.5. The monoisotopic (exact) mass is 483 g/mol. The Morgan fingerprint density at radius 3 is 2.65 bits per heavy atom. The van der Waals surface area contributed by atoms with Crippen molar-refractivity contribution >= 4 is 34.1 Å². The second-order valence-corrected chi connectivity index (χ2v) is 11.2. The minimum absolute atomic E-state index is 0.0930. The Morgan fingerprint density at radius 2 is 1.91 bits per heavy atom. The minimum atomic E-state index is 0.0930. The van der Waals surface area contributed by atoms with Crippen molar-refractivity contribution in [1.29, 1.82) is 0 Å². The third kappa shape index (κ3) is 4.23. The lowest BCUT2D eigenvalue weighted by Crippen LogP contribution is -2.56. The number of halogens is 1. The number of aromatic nitrogens is 1. The highest BCUT2D eigenvalue weighted by Crippen LogP contribution is 2.59. The van der Waals surface area contributed by atoms with Crippen LogP contribution in [-0.4, -0.2) is 61.3 Å². The van der Waals surface area contributed by atoms with Gasteiger partial charge in [0, 0.05) is 62.0 Å². The molecule has 1 spiro atoms. The van der Waals surface area contributed by atoms with E-state index in [2.05, 4.69) is 21.3 Å². The summed E-state index contributed by atoms with van der Waals surface area (Å²) in [4.78, 5) is 20.0. The molecule has 0 radical (unpaired) electrons. The maximum Gasteiger partial charge on any atom is 0.229 e. The van der Waals surface area contributed by atoms with Crippen LogP contribution in [-0.2, 0) is 14.3 Å². The van der Waals surface area contributed by atoms with Gasteiger partial charge in [-0.2, -0.15) is 0 Å². The van der Waals surface area contributed by atoms with E-state index < -0.39 is 0 Å². The topological polar surface area (TPSA) is 63.7 Å². The van der Waals surface area contributed by atoms with Crippen LogP contribution in [0.3, 0.4) is 0 Å². The molecule has 1 amide bonds. The Morgan fingerprint density at radius 1 is 1.15 bits per heavy atom. The van der Waals surface area contributed by atoms with E-state index >= 15 is 0 Å². The molecule has 1 unspecified atom stereocenters. The smallest absolute Gasteiger partial charge is 0.229 e. The average Bonchev–Trinajstić information content (AvgIpc) is 3.52. The van der Waals surface area contributed by atoms with Gasteiger partial charge in [-0.05, 0) is 85.4 Å². The maximum atomic E-state index is 12.9. The van der Waals surface area contributed by atoms with Gasteiger partial charge in [-0.25, -0.2) is 4.98 Å². The van der Waals surface area contributed by atoms with Crippen LogP contribution in [0.1, 0.15) is 56.4 Å². The molecule has 1 N–H and O–H groups in total. The fraction of sp³-hybridized carbons (Fsp3) is 0.630. The van der Waals surface area contributed by atoms with Crippen LogP contribution in [0.5, 0.6) is 0 Å². The maximum absolute atomic E-state index is 12.9. The largest absolute Gasteiger partial charge is 0.381 e. The lowest BCUT2D eigenvalue weighted by molar-refractivity contribution is -0.118. The molecule has 2 saturated heterocycles. The molecule has 34 heavy (non-hydrogen) atoms.